The van der Waals surface area contributed by atoms with Gasteiger partial charge in [0.05, 0.1) is 35.4 Å². The van der Waals surface area contributed by atoms with E-state index in [-0.39, 0.29) is 17.7 Å². The lowest BCUT2D eigenvalue weighted by Gasteiger charge is -2.33. The summed E-state index contributed by atoms with van der Waals surface area (Å²) in [4.78, 5) is 36.6. The molecule has 126 valence electrons. The molecule has 0 spiro atoms. The summed E-state index contributed by atoms with van der Waals surface area (Å²) in [7, 11) is 1.78. The van der Waals surface area contributed by atoms with E-state index in [4.69, 9.17) is 0 Å². The zero-order valence-corrected chi connectivity index (χ0v) is 14.1. The molecule has 1 fully saturated rings. The number of fused-ring (bicyclic) bond motifs is 1. The molecule has 24 heavy (non-hydrogen) atoms. The van der Waals surface area contributed by atoms with Gasteiger partial charge in [0.15, 0.2) is 0 Å². The predicted molar refractivity (Wildman–Crippen MR) is 91.0 cm³/mol. The van der Waals surface area contributed by atoms with Gasteiger partial charge >= 0.3 is 0 Å². The number of rotatable bonds is 3. The minimum Gasteiger partial charge on any atom is -0.342 e. The quantitative estimate of drug-likeness (QED) is 0.863. The van der Waals surface area contributed by atoms with Crippen molar-refractivity contribution in [3.05, 3.63) is 36.2 Å². The van der Waals surface area contributed by atoms with Crippen LogP contribution in [0.2, 0.25) is 0 Å². The first-order valence-corrected chi connectivity index (χ1v) is 8.26. The highest BCUT2D eigenvalue weighted by molar-refractivity contribution is 5.80. The van der Waals surface area contributed by atoms with Crippen LogP contribution in [0.5, 0.6) is 0 Å². The second kappa shape index (κ2) is 6.95. The number of carbonyl (C=O) groups excluding carboxylic acids is 2. The van der Waals surface area contributed by atoms with E-state index >= 15 is 0 Å². The fourth-order valence-corrected chi connectivity index (χ4v) is 3.17. The summed E-state index contributed by atoms with van der Waals surface area (Å²) < 4.78 is 0. The normalized spacial score (nSPS) is 17.8. The number of benzene rings is 1. The van der Waals surface area contributed by atoms with E-state index in [1.165, 1.54) is 0 Å². The van der Waals surface area contributed by atoms with Crippen molar-refractivity contribution in [2.24, 2.45) is 5.92 Å². The van der Waals surface area contributed by atoms with E-state index in [1.54, 1.807) is 30.0 Å². The van der Waals surface area contributed by atoms with Crippen molar-refractivity contribution < 1.29 is 9.59 Å². The van der Waals surface area contributed by atoms with E-state index in [1.807, 2.05) is 24.3 Å². The van der Waals surface area contributed by atoms with E-state index in [0.29, 0.717) is 13.1 Å². The average Bonchev–Trinajstić information content (AvgIpc) is 2.61. The maximum atomic E-state index is 12.7. The van der Waals surface area contributed by atoms with Crippen LogP contribution in [-0.4, -0.2) is 51.7 Å². The molecule has 6 nitrogen and oxygen atoms in total. The van der Waals surface area contributed by atoms with E-state index in [9.17, 15) is 9.59 Å². The number of carbonyl (C=O) groups is 2. The Labute approximate surface area is 141 Å². The van der Waals surface area contributed by atoms with Crippen LogP contribution in [0.3, 0.4) is 0 Å². The Morgan fingerprint density at radius 1 is 1.29 bits per heavy atom. The predicted octanol–water partition coefficient (Wildman–Crippen LogP) is 1.85. The molecule has 0 saturated carbocycles. The molecule has 2 aromatic rings. The number of nitrogens with zero attached hydrogens (tertiary/aromatic N) is 4. The highest BCUT2D eigenvalue weighted by atomic mass is 16.2. The Balaban J connectivity index is 1.67. The smallest absolute Gasteiger partial charge is 0.227 e. The van der Waals surface area contributed by atoms with Crippen LogP contribution in [0.4, 0.5) is 0 Å². The average molecular weight is 326 g/mol. The second-order valence-electron chi connectivity index (χ2n) is 6.35. The van der Waals surface area contributed by atoms with Gasteiger partial charge in [-0.05, 0) is 25.0 Å². The maximum absolute atomic E-state index is 12.7. The Bertz CT molecular complexity index is 762. The van der Waals surface area contributed by atoms with Crippen LogP contribution < -0.4 is 0 Å². The minimum absolute atomic E-state index is 0.0375. The molecule has 1 atom stereocenters. The third-order valence-corrected chi connectivity index (χ3v) is 4.49. The Morgan fingerprint density at radius 3 is 2.79 bits per heavy atom. The van der Waals surface area contributed by atoms with Gasteiger partial charge in [-0.2, -0.15) is 0 Å². The lowest BCUT2D eigenvalue weighted by Crippen LogP contribution is -2.45. The van der Waals surface area contributed by atoms with Gasteiger partial charge < -0.3 is 9.80 Å². The number of amides is 2. The summed E-state index contributed by atoms with van der Waals surface area (Å²) in [5.41, 5.74) is 2.44. The molecule has 0 unspecified atom stereocenters. The van der Waals surface area contributed by atoms with Crippen LogP contribution in [0.1, 0.15) is 25.5 Å². The molecule has 1 saturated heterocycles. The summed E-state index contributed by atoms with van der Waals surface area (Å²) in [5.74, 6) is -0.0208. The number of likely N-dealkylation sites (tertiary alicyclic amines) is 1. The molecule has 6 heteroatoms. The molecule has 0 bridgehead atoms. The van der Waals surface area contributed by atoms with E-state index in [2.05, 4.69) is 9.97 Å². The molecule has 1 aromatic carbocycles. The van der Waals surface area contributed by atoms with Crippen molar-refractivity contribution in [3.8, 4) is 0 Å². The third-order valence-electron chi connectivity index (χ3n) is 4.49. The van der Waals surface area contributed by atoms with E-state index in [0.717, 1.165) is 36.1 Å². The second-order valence-corrected chi connectivity index (χ2v) is 6.35. The molecular weight excluding hydrogens is 304 g/mol. The number of hydrogen-bond acceptors (Lipinski definition) is 4. The number of hydrogen-bond donors (Lipinski definition) is 0. The van der Waals surface area contributed by atoms with Gasteiger partial charge in [-0.1, -0.05) is 12.1 Å². The standard InChI is InChI=1S/C18H22N4O2/c1-13(23)22-9-5-6-14(11-22)18(24)21(2)12-15-10-19-16-7-3-4-8-17(16)20-15/h3-4,7-8,10,14H,5-6,9,11-12H2,1-2H3/t14-/m0/s1. The lowest BCUT2D eigenvalue weighted by atomic mass is 9.96. The van der Waals surface area contributed by atoms with Crippen molar-refractivity contribution >= 4 is 22.8 Å². The SMILES string of the molecule is CC(=O)N1CCC[C@H](C(=O)N(C)Cc2cnc3ccccc3n2)C1. The van der Waals surface area contributed by atoms with Gasteiger partial charge in [0, 0.05) is 27.1 Å². The van der Waals surface area contributed by atoms with Gasteiger partial charge in [-0.3, -0.25) is 14.6 Å². The van der Waals surface area contributed by atoms with Crippen LogP contribution in [0.25, 0.3) is 11.0 Å². The van der Waals surface area contributed by atoms with Crippen LogP contribution >= 0.6 is 0 Å². The first-order chi connectivity index (χ1) is 11.5. The lowest BCUT2D eigenvalue weighted by molar-refractivity contribution is -0.139. The highest BCUT2D eigenvalue weighted by Gasteiger charge is 2.29. The van der Waals surface area contributed by atoms with Crippen LogP contribution in [0, 0.1) is 5.92 Å². The topological polar surface area (TPSA) is 66.4 Å². The minimum atomic E-state index is -0.124. The molecule has 1 aliphatic rings. The van der Waals surface area contributed by atoms with Gasteiger partial charge in [0.1, 0.15) is 0 Å². The molecule has 1 aromatic heterocycles. The van der Waals surface area contributed by atoms with Crippen LogP contribution in [-0.2, 0) is 16.1 Å². The summed E-state index contributed by atoms with van der Waals surface area (Å²) >= 11 is 0. The zero-order valence-electron chi connectivity index (χ0n) is 14.1. The zero-order chi connectivity index (χ0) is 17.1. The van der Waals surface area contributed by atoms with Gasteiger partial charge in [-0.25, -0.2) is 4.98 Å². The highest BCUT2D eigenvalue weighted by Crippen LogP contribution is 2.19. The number of piperidine rings is 1. The summed E-state index contributed by atoms with van der Waals surface area (Å²) in [6.07, 6.45) is 3.42. The number of aromatic nitrogens is 2. The van der Waals surface area contributed by atoms with Gasteiger partial charge in [0.2, 0.25) is 11.8 Å². The van der Waals surface area contributed by atoms with Crippen LogP contribution in [0.15, 0.2) is 30.5 Å². The van der Waals surface area contributed by atoms with Gasteiger partial charge in [-0.15, -0.1) is 0 Å². The molecule has 0 N–H and O–H groups in total. The molecular formula is C18H22N4O2. The molecule has 2 amide bonds. The molecule has 2 heterocycles. The first kappa shape index (κ1) is 16.4. The Morgan fingerprint density at radius 2 is 2.04 bits per heavy atom. The molecule has 0 aliphatic carbocycles. The molecule has 3 rings (SSSR count). The maximum Gasteiger partial charge on any atom is 0.227 e. The Hall–Kier alpha value is -2.50. The summed E-state index contributed by atoms with van der Waals surface area (Å²) in [5, 5.41) is 0. The fourth-order valence-electron chi connectivity index (χ4n) is 3.17. The fraction of sp³-hybridized carbons (Fsp3) is 0.444. The number of para-hydroxylation sites is 2. The summed E-state index contributed by atoms with van der Waals surface area (Å²) in [6.45, 7) is 3.25. The largest absolute Gasteiger partial charge is 0.342 e. The molecule has 0 radical (unpaired) electrons. The van der Waals surface area contributed by atoms with Crippen molar-refractivity contribution in [2.75, 3.05) is 20.1 Å². The monoisotopic (exact) mass is 326 g/mol. The van der Waals surface area contributed by atoms with Gasteiger partial charge in [0.25, 0.3) is 0 Å². The Kier molecular flexibility index (Phi) is 4.74. The third kappa shape index (κ3) is 3.53. The van der Waals surface area contributed by atoms with Crippen molar-refractivity contribution in [1.29, 1.82) is 0 Å². The first-order valence-electron chi connectivity index (χ1n) is 8.26. The van der Waals surface area contributed by atoms with E-state index < -0.39 is 0 Å². The van der Waals surface area contributed by atoms with Crippen molar-refractivity contribution in [3.63, 3.8) is 0 Å². The summed E-state index contributed by atoms with van der Waals surface area (Å²) in [6, 6.07) is 7.68. The molecule has 1 aliphatic heterocycles. The van der Waals surface area contributed by atoms with Crippen molar-refractivity contribution in [2.45, 2.75) is 26.3 Å². The van der Waals surface area contributed by atoms with Crippen molar-refractivity contribution in [1.82, 2.24) is 19.8 Å².